The molecule has 1 fully saturated rings. The van der Waals surface area contributed by atoms with Gasteiger partial charge in [-0.1, -0.05) is 32.0 Å². The highest BCUT2D eigenvalue weighted by molar-refractivity contribution is 7.90. The Morgan fingerprint density at radius 1 is 1.23 bits per heavy atom. The minimum Gasteiger partial charge on any atom is -0.317 e. The van der Waals surface area contributed by atoms with Crippen molar-refractivity contribution < 1.29 is 8.42 Å². The molecule has 0 aromatic heterocycles. The maximum Gasteiger partial charge on any atom is 0.175 e. The first kappa shape index (κ1) is 17.4. The molecule has 0 bridgehead atoms. The van der Waals surface area contributed by atoms with Crippen LogP contribution in [0.1, 0.15) is 32.3 Å². The van der Waals surface area contributed by atoms with E-state index in [-0.39, 0.29) is 0 Å². The standard InChI is InChI=1S/C17H28N2O2S/c1-14(2)12-19(16-8-10-18-11-9-16)13-15-6-4-5-7-17(15)22(3,20)21/h4-7,14,16,18H,8-13H2,1-3H3. The molecule has 1 heterocycles. The maximum absolute atomic E-state index is 12.0. The van der Waals surface area contributed by atoms with Crippen molar-refractivity contribution in [3.63, 3.8) is 0 Å². The summed E-state index contributed by atoms with van der Waals surface area (Å²) in [5.74, 6) is 0.570. The molecule has 1 aliphatic rings. The highest BCUT2D eigenvalue weighted by Crippen LogP contribution is 2.22. The summed E-state index contributed by atoms with van der Waals surface area (Å²) in [5.41, 5.74) is 0.921. The fraction of sp³-hybridized carbons (Fsp3) is 0.647. The van der Waals surface area contributed by atoms with Crippen LogP contribution in [0.25, 0.3) is 0 Å². The molecule has 124 valence electrons. The van der Waals surface area contributed by atoms with Crippen LogP contribution >= 0.6 is 0 Å². The van der Waals surface area contributed by atoms with E-state index in [0.717, 1.165) is 38.0 Å². The van der Waals surface area contributed by atoms with Crippen molar-refractivity contribution in [3.8, 4) is 0 Å². The second-order valence-electron chi connectivity index (χ2n) is 6.68. The van der Waals surface area contributed by atoms with E-state index in [1.165, 1.54) is 6.26 Å². The van der Waals surface area contributed by atoms with Gasteiger partial charge >= 0.3 is 0 Å². The number of piperidine rings is 1. The van der Waals surface area contributed by atoms with Gasteiger partial charge in [0.2, 0.25) is 0 Å². The number of nitrogens with zero attached hydrogens (tertiary/aromatic N) is 1. The summed E-state index contributed by atoms with van der Waals surface area (Å²) in [7, 11) is -3.18. The van der Waals surface area contributed by atoms with Crippen LogP contribution in [0.3, 0.4) is 0 Å². The minimum atomic E-state index is -3.18. The maximum atomic E-state index is 12.0. The van der Waals surface area contributed by atoms with E-state index in [4.69, 9.17) is 0 Å². The molecule has 0 aliphatic carbocycles. The Bertz CT molecular complexity index is 578. The molecule has 4 nitrogen and oxygen atoms in total. The average Bonchev–Trinajstić information content (AvgIpc) is 2.46. The predicted octanol–water partition coefficient (Wildman–Crippen LogP) is 2.30. The molecule has 1 aliphatic heterocycles. The van der Waals surface area contributed by atoms with Gasteiger partial charge in [0, 0.05) is 25.4 Å². The molecule has 1 aromatic carbocycles. The summed E-state index contributed by atoms with van der Waals surface area (Å²) >= 11 is 0. The van der Waals surface area contributed by atoms with Gasteiger partial charge in [-0.05, 0) is 43.5 Å². The number of hydrogen-bond donors (Lipinski definition) is 1. The molecule has 0 atom stereocenters. The Morgan fingerprint density at radius 2 is 1.86 bits per heavy atom. The van der Waals surface area contributed by atoms with Crippen molar-refractivity contribution in [1.29, 1.82) is 0 Å². The van der Waals surface area contributed by atoms with Crippen molar-refractivity contribution in [2.45, 2.75) is 44.2 Å². The fourth-order valence-corrected chi connectivity index (χ4v) is 4.13. The molecule has 2 rings (SSSR count). The third-order valence-corrected chi connectivity index (χ3v) is 5.37. The summed E-state index contributed by atoms with van der Waals surface area (Å²) in [4.78, 5) is 2.94. The van der Waals surface area contributed by atoms with E-state index in [1.54, 1.807) is 12.1 Å². The van der Waals surface area contributed by atoms with E-state index >= 15 is 0 Å². The Balaban J connectivity index is 2.23. The summed E-state index contributed by atoms with van der Waals surface area (Å²) < 4.78 is 24.0. The molecular weight excluding hydrogens is 296 g/mol. The van der Waals surface area contributed by atoms with Crippen LogP contribution in [-0.4, -0.2) is 45.2 Å². The first-order valence-corrected chi connectivity index (χ1v) is 10.00. The number of hydrogen-bond acceptors (Lipinski definition) is 4. The van der Waals surface area contributed by atoms with Gasteiger partial charge in [0.25, 0.3) is 0 Å². The van der Waals surface area contributed by atoms with Crippen molar-refractivity contribution >= 4 is 9.84 Å². The molecule has 1 saturated heterocycles. The molecule has 0 radical (unpaired) electrons. The lowest BCUT2D eigenvalue weighted by atomic mass is 10.0. The van der Waals surface area contributed by atoms with E-state index in [0.29, 0.717) is 23.4 Å². The van der Waals surface area contributed by atoms with E-state index in [9.17, 15) is 8.42 Å². The zero-order valence-corrected chi connectivity index (χ0v) is 14.7. The number of nitrogens with one attached hydrogen (secondary N) is 1. The fourth-order valence-electron chi connectivity index (χ4n) is 3.20. The average molecular weight is 324 g/mol. The Morgan fingerprint density at radius 3 is 2.45 bits per heavy atom. The molecule has 0 amide bonds. The van der Waals surface area contributed by atoms with Crippen molar-refractivity contribution in [2.24, 2.45) is 5.92 Å². The van der Waals surface area contributed by atoms with E-state index < -0.39 is 9.84 Å². The van der Waals surface area contributed by atoms with Crippen LogP contribution < -0.4 is 5.32 Å². The summed E-state index contributed by atoms with van der Waals surface area (Å²) in [6, 6.07) is 7.94. The Hall–Kier alpha value is -0.910. The third-order valence-electron chi connectivity index (χ3n) is 4.17. The van der Waals surface area contributed by atoms with E-state index in [2.05, 4.69) is 24.1 Å². The molecule has 22 heavy (non-hydrogen) atoms. The number of rotatable bonds is 6. The second kappa shape index (κ2) is 7.57. The second-order valence-corrected chi connectivity index (χ2v) is 8.67. The van der Waals surface area contributed by atoms with Crippen molar-refractivity contribution in [2.75, 3.05) is 25.9 Å². The van der Waals surface area contributed by atoms with Crippen LogP contribution in [0.5, 0.6) is 0 Å². The number of sulfone groups is 1. The Kier molecular flexibility index (Phi) is 6.01. The largest absolute Gasteiger partial charge is 0.317 e. The quantitative estimate of drug-likeness (QED) is 0.872. The van der Waals surface area contributed by atoms with Crippen LogP contribution in [-0.2, 0) is 16.4 Å². The lowest BCUT2D eigenvalue weighted by Gasteiger charge is -2.36. The van der Waals surface area contributed by atoms with Crippen LogP contribution in [0.2, 0.25) is 0 Å². The lowest BCUT2D eigenvalue weighted by molar-refractivity contribution is 0.136. The van der Waals surface area contributed by atoms with Gasteiger partial charge in [-0.3, -0.25) is 4.90 Å². The molecular formula is C17H28N2O2S. The molecule has 0 saturated carbocycles. The minimum absolute atomic E-state index is 0.470. The summed E-state index contributed by atoms with van der Waals surface area (Å²) in [5, 5.41) is 3.40. The molecule has 1 N–H and O–H groups in total. The lowest BCUT2D eigenvalue weighted by Crippen LogP contribution is -2.44. The third kappa shape index (κ3) is 4.80. The van der Waals surface area contributed by atoms with Crippen LogP contribution in [0.15, 0.2) is 29.2 Å². The Labute approximate surface area is 134 Å². The monoisotopic (exact) mass is 324 g/mol. The van der Waals surface area contributed by atoms with Gasteiger partial charge in [-0.15, -0.1) is 0 Å². The van der Waals surface area contributed by atoms with Gasteiger partial charge in [-0.2, -0.15) is 0 Å². The van der Waals surface area contributed by atoms with Gasteiger partial charge in [-0.25, -0.2) is 8.42 Å². The van der Waals surface area contributed by atoms with Gasteiger partial charge < -0.3 is 5.32 Å². The first-order valence-electron chi connectivity index (χ1n) is 8.10. The molecule has 5 heteroatoms. The highest BCUT2D eigenvalue weighted by Gasteiger charge is 2.23. The zero-order valence-electron chi connectivity index (χ0n) is 13.9. The zero-order chi connectivity index (χ0) is 16.2. The van der Waals surface area contributed by atoms with Crippen molar-refractivity contribution in [3.05, 3.63) is 29.8 Å². The SMILES string of the molecule is CC(C)CN(Cc1ccccc1S(C)(=O)=O)C1CCNCC1. The molecule has 0 unspecified atom stereocenters. The van der Waals surface area contributed by atoms with E-state index in [1.807, 2.05) is 12.1 Å². The van der Waals surface area contributed by atoms with Gasteiger partial charge in [0.1, 0.15) is 0 Å². The van der Waals surface area contributed by atoms with Crippen LogP contribution in [0, 0.1) is 5.92 Å². The predicted molar refractivity (Wildman–Crippen MR) is 90.7 cm³/mol. The highest BCUT2D eigenvalue weighted by atomic mass is 32.2. The smallest absolute Gasteiger partial charge is 0.175 e. The van der Waals surface area contributed by atoms with Crippen molar-refractivity contribution in [1.82, 2.24) is 10.2 Å². The van der Waals surface area contributed by atoms with Crippen LogP contribution in [0.4, 0.5) is 0 Å². The molecule has 0 spiro atoms. The van der Waals surface area contributed by atoms with Gasteiger partial charge in [0.15, 0.2) is 9.84 Å². The molecule has 1 aromatic rings. The normalized spacial score (nSPS) is 17.3. The first-order chi connectivity index (χ1) is 10.4. The summed E-state index contributed by atoms with van der Waals surface area (Å²) in [6.07, 6.45) is 3.56. The topological polar surface area (TPSA) is 49.4 Å². The number of benzene rings is 1. The van der Waals surface area contributed by atoms with Gasteiger partial charge in [0.05, 0.1) is 4.90 Å². The summed E-state index contributed by atoms with van der Waals surface area (Å²) in [6.45, 7) is 8.25.